The van der Waals surface area contributed by atoms with E-state index in [0.29, 0.717) is 0 Å². The van der Waals surface area contributed by atoms with Crippen LogP contribution in [0.4, 0.5) is 5.69 Å². The van der Waals surface area contributed by atoms with Gasteiger partial charge in [0.25, 0.3) is 0 Å². The fourth-order valence-electron chi connectivity index (χ4n) is 11.2. The first-order valence-corrected chi connectivity index (χ1v) is 22.4. The fourth-order valence-corrected chi connectivity index (χ4v) is 12.4. The number of hydrogen-bond acceptors (Lipinski definition) is 3. The van der Waals surface area contributed by atoms with E-state index in [1.54, 1.807) is 0 Å². The van der Waals surface area contributed by atoms with Crippen LogP contribution < -0.4 is 5.32 Å². The van der Waals surface area contributed by atoms with Crippen LogP contribution in [0.2, 0.25) is 0 Å². The Hall–Kier alpha value is -7.24. The Kier molecular flexibility index (Phi) is 7.81. The van der Waals surface area contributed by atoms with Crippen molar-refractivity contribution in [2.24, 2.45) is 0 Å². The van der Waals surface area contributed by atoms with Gasteiger partial charge >= 0.3 is 0 Å². The Morgan fingerprint density at radius 3 is 1.92 bits per heavy atom. The second kappa shape index (κ2) is 13.6. The predicted molar refractivity (Wildman–Crippen MR) is 260 cm³/mol. The molecule has 2 aliphatic rings. The van der Waals surface area contributed by atoms with Crippen LogP contribution in [-0.4, -0.2) is 16.5 Å². The number of nitrogens with zero attached hydrogens (tertiary/aromatic N) is 2. The summed E-state index contributed by atoms with van der Waals surface area (Å²) < 4.78 is 5.21. The normalized spacial score (nSPS) is 16.7. The smallest absolute Gasteiger partial charge is 0.162 e. The lowest BCUT2D eigenvalue weighted by Gasteiger charge is -2.43. The third-order valence-corrected chi connectivity index (χ3v) is 15.0. The van der Waals surface area contributed by atoms with Gasteiger partial charge in [0, 0.05) is 36.6 Å². The molecule has 1 aliphatic carbocycles. The number of para-hydroxylation sites is 2. The number of anilines is 1. The molecule has 4 heteroatoms. The van der Waals surface area contributed by atoms with Crippen molar-refractivity contribution in [3.8, 4) is 22.3 Å². The average Bonchev–Trinajstić information content (AvgIpc) is 3.98. The first-order valence-electron chi connectivity index (χ1n) is 21.5. The zero-order chi connectivity index (χ0) is 40.9. The molecule has 0 spiro atoms. The van der Waals surface area contributed by atoms with Crippen molar-refractivity contribution in [1.82, 2.24) is 9.47 Å². The quantitative estimate of drug-likeness (QED) is 0.187. The lowest BCUT2D eigenvalue weighted by atomic mass is 9.67. The molecule has 294 valence electrons. The van der Waals surface area contributed by atoms with E-state index in [0.717, 1.165) is 0 Å². The van der Waals surface area contributed by atoms with E-state index in [1.807, 2.05) is 11.3 Å². The van der Waals surface area contributed by atoms with Gasteiger partial charge in [-0.1, -0.05) is 176 Å². The van der Waals surface area contributed by atoms with E-state index in [1.165, 1.54) is 103 Å². The molecular weight excluding hydrogens is 771 g/mol. The highest BCUT2D eigenvalue weighted by atomic mass is 32.1. The van der Waals surface area contributed by atoms with Crippen molar-refractivity contribution in [1.29, 1.82) is 0 Å². The predicted octanol–water partition coefficient (Wildman–Crippen LogP) is 14.8. The SMILES string of the molecule is CN1C(c2cccc3c2sc2ccccc23)c2ccccc2NC1n1c2ccccc2c2cc(-c3ccc4c(c3)-c3ccccc3C4(c3ccccc3)c3ccccc3)ccc21. The van der Waals surface area contributed by atoms with Gasteiger partial charge in [0.15, 0.2) is 6.29 Å². The summed E-state index contributed by atoms with van der Waals surface area (Å²) in [6.45, 7) is 0. The first kappa shape index (κ1) is 35.5. The molecule has 0 saturated carbocycles. The summed E-state index contributed by atoms with van der Waals surface area (Å²) >= 11 is 1.91. The molecule has 0 radical (unpaired) electrons. The minimum absolute atomic E-state index is 0.0397. The summed E-state index contributed by atoms with van der Waals surface area (Å²) in [7, 11) is 2.28. The molecule has 2 atom stereocenters. The maximum atomic E-state index is 4.02. The molecule has 0 amide bonds. The third-order valence-electron chi connectivity index (χ3n) is 13.8. The summed E-state index contributed by atoms with van der Waals surface area (Å²) in [5.74, 6) is 0. The summed E-state index contributed by atoms with van der Waals surface area (Å²) in [6, 6.07) is 78.9. The highest BCUT2D eigenvalue weighted by molar-refractivity contribution is 7.26. The van der Waals surface area contributed by atoms with Gasteiger partial charge in [-0.3, -0.25) is 4.90 Å². The van der Waals surface area contributed by atoms with Gasteiger partial charge < -0.3 is 9.88 Å². The standard InChI is InChI=1S/C58H41N3S/c1-60-55(46-26-16-25-44-43-23-11-15-30-54(43)62-56(44)46)45-24-9-13-28-51(45)59-57(60)61-52-29-14-10-22-42(52)48-36-38(32-34-53(48)61)37-31-33-50-47(35-37)41-21-8-12-27-49(41)58(50,39-17-4-2-5-18-39)40-19-6-3-7-20-40/h2-36,55,57,59H,1H3. The number of aromatic nitrogens is 1. The van der Waals surface area contributed by atoms with E-state index >= 15 is 0 Å². The topological polar surface area (TPSA) is 20.2 Å². The summed E-state index contributed by atoms with van der Waals surface area (Å²) in [5, 5.41) is 9.17. The molecule has 11 aromatic rings. The molecule has 13 rings (SSSR count). The van der Waals surface area contributed by atoms with E-state index in [2.05, 4.69) is 234 Å². The molecule has 2 aromatic heterocycles. The van der Waals surface area contributed by atoms with Crippen molar-refractivity contribution in [2.45, 2.75) is 17.7 Å². The number of benzene rings is 9. The van der Waals surface area contributed by atoms with Crippen LogP contribution in [0.1, 0.15) is 45.7 Å². The van der Waals surface area contributed by atoms with Crippen LogP contribution in [0.15, 0.2) is 212 Å². The summed E-state index contributed by atoms with van der Waals surface area (Å²) in [5.41, 5.74) is 16.0. The molecular formula is C58H41N3S. The highest BCUT2D eigenvalue weighted by Crippen LogP contribution is 2.57. The number of hydrogen-bond donors (Lipinski definition) is 1. The van der Waals surface area contributed by atoms with Gasteiger partial charge in [0.2, 0.25) is 0 Å². The van der Waals surface area contributed by atoms with Crippen molar-refractivity contribution >= 4 is 59.0 Å². The molecule has 0 bridgehead atoms. The van der Waals surface area contributed by atoms with Crippen molar-refractivity contribution in [3.05, 3.63) is 246 Å². The largest absolute Gasteiger partial charge is 0.352 e. The van der Waals surface area contributed by atoms with Crippen molar-refractivity contribution < 1.29 is 0 Å². The van der Waals surface area contributed by atoms with Gasteiger partial charge in [-0.25, -0.2) is 0 Å². The Morgan fingerprint density at radius 1 is 0.468 bits per heavy atom. The van der Waals surface area contributed by atoms with Gasteiger partial charge in [0.1, 0.15) is 0 Å². The van der Waals surface area contributed by atoms with Gasteiger partial charge in [-0.2, -0.15) is 0 Å². The minimum atomic E-state index is -0.414. The second-order valence-electron chi connectivity index (χ2n) is 16.9. The van der Waals surface area contributed by atoms with Crippen LogP contribution in [-0.2, 0) is 5.41 Å². The van der Waals surface area contributed by atoms with Crippen LogP contribution in [0.5, 0.6) is 0 Å². The molecule has 9 aromatic carbocycles. The maximum absolute atomic E-state index is 4.02. The molecule has 0 saturated heterocycles. The molecule has 0 fully saturated rings. The number of thiophene rings is 1. The number of nitrogens with one attached hydrogen (secondary N) is 1. The van der Waals surface area contributed by atoms with Gasteiger partial charge in [-0.05, 0) is 99.1 Å². The molecule has 3 nitrogen and oxygen atoms in total. The highest BCUT2D eigenvalue weighted by Gasteiger charge is 2.46. The maximum Gasteiger partial charge on any atom is 0.162 e. The molecule has 1 N–H and O–H groups in total. The van der Waals surface area contributed by atoms with Gasteiger partial charge in [0.05, 0.1) is 22.5 Å². The number of rotatable bonds is 5. The third kappa shape index (κ3) is 4.96. The van der Waals surface area contributed by atoms with Crippen LogP contribution in [0.3, 0.4) is 0 Å². The Balaban J connectivity index is 0.968. The summed E-state index contributed by atoms with van der Waals surface area (Å²) in [6.07, 6.45) is -0.145. The Bertz CT molecular complexity index is 3510. The zero-order valence-corrected chi connectivity index (χ0v) is 35.0. The van der Waals surface area contributed by atoms with Gasteiger partial charge in [-0.15, -0.1) is 11.3 Å². The molecule has 62 heavy (non-hydrogen) atoms. The van der Waals surface area contributed by atoms with Crippen LogP contribution >= 0.6 is 11.3 Å². The average molecular weight is 812 g/mol. The van der Waals surface area contributed by atoms with E-state index in [9.17, 15) is 0 Å². The van der Waals surface area contributed by atoms with Crippen molar-refractivity contribution in [3.63, 3.8) is 0 Å². The molecule has 2 unspecified atom stereocenters. The fraction of sp³-hybridized carbons (Fsp3) is 0.0690. The van der Waals surface area contributed by atoms with Crippen LogP contribution in [0, 0.1) is 0 Å². The zero-order valence-electron chi connectivity index (χ0n) is 34.2. The second-order valence-corrected chi connectivity index (χ2v) is 18.0. The lowest BCUT2D eigenvalue weighted by Crippen LogP contribution is -2.42. The first-order chi connectivity index (χ1) is 30.7. The molecule has 3 heterocycles. The number of fused-ring (bicyclic) bond motifs is 10. The Labute approximate surface area is 364 Å². The van der Waals surface area contributed by atoms with Crippen LogP contribution in [0.25, 0.3) is 64.2 Å². The Morgan fingerprint density at radius 2 is 1.08 bits per heavy atom. The van der Waals surface area contributed by atoms with E-state index < -0.39 is 5.41 Å². The van der Waals surface area contributed by atoms with E-state index in [4.69, 9.17) is 0 Å². The van der Waals surface area contributed by atoms with E-state index in [-0.39, 0.29) is 12.3 Å². The summed E-state index contributed by atoms with van der Waals surface area (Å²) in [4.78, 5) is 2.53. The monoisotopic (exact) mass is 811 g/mol. The minimum Gasteiger partial charge on any atom is -0.352 e. The molecule has 1 aliphatic heterocycles. The lowest BCUT2D eigenvalue weighted by molar-refractivity contribution is 0.161. The van der Waals surface area contributed by atoms with Crippen molar-refractivity contribution in [2.75, 3.05) is 12.4 Å².